The monoisotopic (exact) mass is 479 g/mol. The minimum absolute atomic E-state index is 0.0280. The van der Waals surface area contributed by atoms with Crippen LogP contribution in [0.1, 0.15) is 28.7 Å². The molecule has 1 aromatic carbocycles. The van der Waals surface area contributed by atoms with Gasteiger partial charge in [0.1, 0.15) is 11.5 Å². The molecule has 2 aliphatic heterocycles. The summed E-state index contributed by atoms with van der Waals surface area (Å²) in [6.45, 7) is 3.06. The maximum Gasteiger partial charge on any atom is 0.322 e. The summed E-state index contributed by atoms with van der Waals surface area (Å²) in [7, 11) is 1.71. The van der Waals surface area contributed by atoms with E-state index in [-0.39, 0.29) is 41.5 Å². The summed E-state index contributed by atoms with van der Waals surface area (Å²) in [4.78, 5) is 29.2. The Kier molecular flexibility index (Phi) is 5.54. The van der Waals surface area contributed by atoms with Crippen molar-refractivity contribution in [2.45, 2.75) is 32.5 Å². The summed E-state index contributed by atoms with van der Waals surface area (Å²) in [6, 6.07) is 3.84. The van der Waals surface area contributed by atoms with Crippen LogP contribution in [0.3, 0.4) is 0 Å². The third kappa shape index (κ3) is 3.69. The molecular weight excluding hydrogens is 457 g/mol. The smallest absolute Gasteiger partial charge is 0.322 e. The molecule has 8 nitrogen and oxygen atoms in total. The summed E-state index contributed by atoms with van der Waals surface area (Å²) >= 11 is 3.12. The molecule has 30 heavy (non-hydrogen) atoms. The van der Waals surface area contributed by atoms with E-state index >= 15 is 0 Å². The Hall–Kier alpha value is -2.46. The number of hydrogen-bond donors (Lipinski definition) is 2. The van der Waals surface area contributed by atoms with E-state index < -0.39 is 5.82 Å². The van der Waals surface area contributed by atoms with Crippen LogP contribution in [0, 0.1) is 11.7 Å². The van der Waals surface area contributed by atoms with E-state index in [2.05, 4.69) is 26.3 Å². The van der Waals surface area contributed by atoms with Gasteiger partial charge in [0, 0.05) is 56.4 Å². The van der Waals surface area contributed by atoms with E-state index in [0.29, 0.717) is 30.9 Å². The molecule has 0 fully saturated rings. The molecule has 3 heterocycles. The number of rotatable bonds is 2. The lowest BCUT2D eigenvalue weighted by atomic mass is 9.99. The Morgan fingerprint density at radius 2 is 2.17 bits per heavy atom. The highest BCUT2D eigenvalue weighted by atomic mass is 79.9. The van der Waals surface area contributed by atoms with Crippen LogP contribution in [0.4, 0.5) is 14.9 Å². The highest BCUT2D eigenvalue weighted by molar-refractivity contribution is 9.10. The van der Waals surface area contributed by atoms with E-state index in [9.17, 15) is 19.1 Å². The molecule has 2 aromatic rings. The number of nitrogens with zero attached hydrogens (tertiary/aromatic N) is 4. The van der Waals surface area contributed by atoms with Crippen LogP contribution in [0.5, 0.6) is 0 Å². The standard InChI is InChI=1S/C20H23BrFN5O3/c1-11-5-17-14(18-19(29)25(2)7-12(10-28)8-27(18)24-17)9-26(11)20(30)23-13-3-4-16(22)15(21)6-13/h3-4,6,11-12,28H,5,7-10H2,1-2H3,(H,23,30)/t11-,12?/m1/s1. The molecule has 0 radical (unpaired) electrons. The van der Waals surface area contributed by atoms with E-state index in [1.807, 2.05) is 6.92 Å². The second-order valence-corrected chi connectivity index (χ2v) is 8.78. The molecule has 2 N–H and O–H groups in total. The van der Waals surface area contributed by atoms with Crippen molar-refractivity contribution in [3.8, 4) is 0 Å². The number of halogens is 2. The van der Waals surface area contributed by atoms with Crippen LogP contribution in [0.15, 0.2) is 22.7 Å². The van der Waals surface area contributed by atoms with Gasteiger partial charge in [-0.25, -0.2) is 9.18 Å². The van der Waals surface area contributed by atoms with Gasteiger partial charge in [0.15, 0.2) is 0 Å². The summed E-state index contributed by atoms with van der Waals surface area (Å²) in [5.41, 5.74) is 2.52. The fourth-order valence-electron chi connectivity index (χ4n) is 4.08. The van der Waals surface area contributed by atoms with Gasteiger partial charge in [0.2, 0.25) is 0 Å². The number of fused-ring (bicyclic) bond motifs is 3. The average molecular weight is 480 g/mol. The number of aliphatic hydroxyl groups excluding tert-OH is 1. The Morgan fingerprint density at radius 3 is 2.87 bits per heavy atom. The molecular formula is C20H23BrFN5O3. The summed E-state index contributed by atoms with van der Waals surface area (Å²) in [5, 5.41) is 17.0. The SMILES string of the molecule is C[C@@H]1Cc2nn3c(c2CN1C(=O)Nc1ccc(F)c(Br)c1)C(=O)N(C)CC(CO)C3. The molecule has 2 aliphatic rings. The second kappa shape index (κ2) is 7.99. The fourth-order valence-corrected chi connectivity index (χ4v) is 4.46. The summed E-state index contributed by atoms with van der Waals surface area (Å²) in [5.74, 6) is -0.650. The van der Waals surface area contributed by atoms with Crippen molar-refractivity contribution in [3.05, 3.63) is 45.4 Å². The van der Waals surface area contributed by atoms with Crippen molar-refractivity contribution >= 4 is 33.6 Å². The molecule has 0 saturated carbocycles. The predicted molar refractivity (Wildman–Crippen MR) is 112 cm³/mol. The van der Waals surface area contributed by atoms with Gasteiger partial charge in [0.25, 0.3) is 5.91 Å². The number of aliphatic hydroxyl groups is 1. The topological polar surface area (TPSA) is 90.7 Å². The number of carbonyl (C=O) groups is 2. The molecule has 3 amide bonds. The predicted octanol–water partition coefficient (Wildman–Crippen LogP) is 2.46. The maximum absolute atomic E-state index is 13.5. The fraction of sp³-hybridized carbons (Fsp3) is 0.450. The Labute approximate surface area is 181 Å². The lowest BCUT2D eigenvalue weighted by molar-refractivity contribution is 0.0761. The number of carbonyl (C=O) groups excluding carboxylic acids is 2. The zero-order valence-electron chi connectivity index (χ0n) is 16.7. The zero-order chi connectivity index (χ0) is 21.6. The number of benzene rings is 1. The first-order chi connectivity index (χ1) is 14.3. The van der Waals surface area contributed by atoms with Gasteiger partial charge in [-0.05, 0) is 41.1 Å². The van der Waals surface area contributed by atoms with Crippen LogP contribution < -0.4 is 5.32 Å². The summed E-state index contributed by atoms with van der Waals surface area (Å²) in [6.07, 6.45) is 0.524. The highest BCUT2D eigenvalue weighted by Crippen LogP contribution is 2.29. The first kappa shape index (κ1) is 20.8. The van der Waals surface area contributed by atoms with Crippen LogP contribution in [-0.2, 0) is 19.5 Å². The first-order valence-corrected chi connectivity index (χ1v) is 10.5. The number of nitrogens with one attached hydrogen (secondary N) is 1. The molecule has 0 bridgehead atoms. The summed E-state index contributed by atoms with van der Waals surface area (Å²) < 4.78 is 15.4. The number of anilines is 1. The molecule has 160 valence electrons. The van der Waals surface area contributed by atoms with Crippen LogP contribution in [0.2, 0.25) is 0 Å². The van der Waals surface area contributed by atoms with Gasteiger partial charge in [-0.2, -0.15) is 5.10 Å². The van der Waals surface area contributed by atoms with Crippen molar-refractivity contribution in [2.75, 3.05) is 25.5 Å². The van der Waals surface area contributed by atoms with Crippen molar-refractivity contribution in [3.63, 3.8) is 0 Å². The largest absolute Gasteiger partial charge is 0.396 e. The molecule has 2 atom stereocenters. The van der Waals surface area contributed by atoms with Crippen LogP contribution >= 0.6 is 15.9 Å². The zero-order valence-corrected chi connectivity index (χ0v) is 18.3. The number of aromatic nitrogens is 2. The number of urea groups is 1. The van der Waals surface area contributed by atoms with Crippen molar-refractivity contribution in [1.82, 2.24) is 19.6 Å². The maximum atomic E-state index is 13.5. The van der Waals surface area contributed by atoms with Gasteiger partial charge in [-0.15, -0.1) is 0 Å². The van der Waals surface area contributed by atoms with Crippen LogP contribution in [0.25, 0.3) is 0 Å². The minimum Gasteiger partial charge on any atom is -0.396 e. The molecule has 0 saturated heterocycles. The Balaban J connectivity index is 1.61. The molecule has 1 aromatic heterocycles. The average Bonchev–Trinajstić information content (AvgIpc) is 2.99. The lowest BCUT2D eigenvalue weighted by Crippen LogP contribution is -2.45. The van der Waals surface area contributed by atoms with E-state index in [1.165, 1.54) is 18.2 Å². The first-order valence-electron chi connectivity index (χ1n) is 9.76. The van der Waals surface area contributed by atoms with E-state index in [0.717, 1.165) is 11.3 Å². The van der Waals surface area contributed by atoms with Gasteiger partial charge in [-0.3, -0.25) is 9.48 Å². The molecule has 1 unspecified atom stereocenters. The second-order valence-electron chi connectivity index (χ2n) is 7.93. The normalized spacial score (nSPS) is 21.2. The number of hydrogen-bond acceptors (Lipinski definition) is 4. The van der Waals surface area contributed by atoms with Crippen LogP contribution in [-0.4, -0.2) is 62.9 Å². The molecule has 4 rings (SSSR count). The van der Waals surface area contributed by atoms with Crippen molar-refractivity contribution in [1.29, 1.82) is 0 Å². The lowest BCUT2D eigenvalue weighted by Gasteiger charge is -2.33. The van der Waals surface area contributed by atoms with Crippen molar-refractivity contribution in [2.24, 2.45) is 5.92 Å². The van der Waals surface area contributed by atoms with Gasteiger partial charge in [0.05, 0.1) is 16.7 Å². The molecule has 10 heteroatoms. The molecule has 0 spiro atoms. The highest BCUT2D eigenvalue weighted by Gasteiger charge is 2.36. The van der Waals surface area contributed by atoms with Crippen molar-refractivity contribution < 1.29 is 19.1 Å². The van der Waals surface area contributed by atoms with E-state index in [4.69, 9.17) is 0 Å². The Morgan fingerprint density at radius 1 is 1.40 bits per heavy atom. The number of amides is 3. The van der Waals surface area contributed by atoms with Gasteiger partial charge in [-0.1, -0.05) is 0 Å². The third-order valence-electron chi connectivity index (χ3n) is 5.69. The Bertz CT molecular complexity index is 1010. The quantitative estimate of drug-likeness (QED) is 0.691. The van der Waals surface area contributed by atoms with Gasteiger partial charge < -0.3 is 20.2 Å². The van der Waals surface area contributed by atoms with Gasteiger partial charge >= 0.3 is 6.03 Å². The third-order valence-corrected chi connectivity index (χ3v) is 6.29. The minimum atomic E-state index is -0.407. The van der Waals surface area contributed by atoms with E-state index in [1.54, 1.807) is 21.5 Å². The molecule has 0 aliphatic carbocycles.